The molecule has 21 heavy (non-hydrogen) atoms. The molecule has 0 unspecified atom stereocenters. The van der Waals surface area contributed by atoms with Crippen molar-refractivity contribution < 1.29 is 23.1 Å². The summed E-state index contributed by atoms with van der Waals surface area (Å²) in [5.74, 6) is -0.805. The van der Waals surface area contributed by atoms with Crippen LogP contribution in [0.4, 0.5) is 0 Å². The highest BCUT2D eigenvalue weighted by Crippen LogP contribution is 2.27. The topological polar surface area (TPSA) is 80.7 Å². The van der Waals surface area contributed by atoms with Crippen LogP contribution in [0.2, 0.25) is 0 Å². The van der Waals surface area contributed by atoms with E-state index in [0.717, 1.165) is 11.8 Å². The summed E-state index contributed by atoms with van der Waals surface area (Å²) in [5, 5.41) is 9.65. The fourth-order valence-electron chi connectivity index (χ4n) is 1.88. The normalized spacial score (nSPS) is 11.1. The molecular formula is C15H14O5S. The Labute approximate surface area is 122 Å². The molecular weight excluding hydrogens is 292 g/mol. The number of sulfone groups is 1. The number of ether oxygens (including phenoxy) is 1. The van der Waals surface area contributed by atoms with Crippen molar-refractivity contribution in [2.45, 2.75) is 4.90 Å². The van der Waals surface area contributed by atoms with Crippen molar-refractivity contribution in [3.05, 3.63) is 48.0 Å². The van der Waals surface area contributed by atoms with E-state index in [-0.39, 0.29) is 16.2 Å². The van der Waals surface area contributed by atoms with Gasteiger partial charge in [-0.2, -0.15) is 0 Å². The molecule has 1 N–H and O–H groups in total. The molecule has 0 saturated heterocycles. The van der Waals surface area contributed by atoms with E-state index in [9.17, 15) is 18.3 Å². The summed E-state index contributed by atoms with van der Waals surface area (Å²) >= 11 is 0. The molecule has 0 aliphatic rings. The zero-order valence-electron chi connectivity index (χ0n) is 11.5. The Kier molecular flexibility index (Phi) is 3.99. The lowest BCUT2D eigenvalue weighted by Gasteiger charge is -2.07. The van der Waals surface area contributed by atoms with E-state index in [1.54, 1.807) is 18.2 Å². The van der Waals surface area contributed by atoms with Gasteiger partial charge >= 0.3 is 5.97 Å². The van der Waals surface area contributed by atoms with Crippen LogP contribution in [-0.2, 0) is 14.6 Å². The fraction of sp³-hybridized carbons (Fsp3) is 0.133. The van der Waals surface area contributed by atoms with Gasteiger partial charge in [-0.25, -0.2) is 13.2 Å². The largest absolute Gasteiger partial charge is 0.507 e. The molecule has 0 atom stereocenters. The van der Waals surface area contributed by atoms with Gasteiger partial charge in [-0.15, -0.1) is 0 Å². The maximum atomic E-state index is 11.5. The summed E-state index contributed by atoms with van der Waals surface area (Å²) in [6, 6.07) is 10.8. The third-order valence-corrected chi connectivity index (χ3v) is 4.15. The summed E-state index contributed by atoms with van der Waals surface area (Å²) in [5.41, 5.74) is 1.46. The number of carbonyl (C=O) groups excluding carboxylic acids is 1. The first-order chi connectivity index (χ1) is 9.82. The van der Waals surface area contributed by atoms with Crippen molar-refractivity contribution in [3.63, 3.8) is 0 Å². The molecule has 2 aromatic rings. The average Bonchev–Trinajstić information content (AvgIpc) is 2.46. The third-order valence-electron chi connectivity index (χ3n) is 3.02. The van der Waals surface area contributed by atoms with Crippen LogP contribution in [0, 0.1) is 0 Å². The molecule has 110 valence electrons. The van der Waals surface area contributed by atoms with Crippen molar-refractivity contribution in [1.29, 1.82) is 0 Å². The molecule has 5 nitrogen and oxygen atoms in total. The Hall–Kier alpha value is -2.34. The average molecular weight is 306 g/mol. The van der Waals surface area contributed by atoms with Crippen LogP contribution in [-0.4, -0.2) is 32.9 Å². The van der Waals surface area contributed by atoms with E-state index >= 15 is 0 Å². The number of hydrogen-bond acceptors (Lipinski definition) is 5. The first-order valence-corrected chi connectivity index (χ1v) is 7.94. The number of phenols is 1. The monoisotopic (exact) mass is 306 g/mol. The number of phenolic OH excluding ortho intramolecular Hbond substituents is 1. The van der Waals surface area contributed by atoms with E-state index in [2.05, 4.69) is 4.74 Å². The first kappa shape index (κ1) is 15.1. The van der Waals surface area contributed by atoms with Gasteiger partial charge in [-0.1, -0.05) is 18.2 Å². The van der Waals surface area contributed by atoms with E-state index in [0.29, 0.717) is 5.56 Å². The molecule has 0 spiro atoms. The lowest BCUT2D eigenvalue weighted by Crippen LogP contribution is -2.01. The van der Waals surface area contributed by atoms with Crippen LogP contribution in [0.3, 0.4) is 0 Å². The van der Waals surface area contributed by atoms with Gasteiger partial charge in [0.15, 0.2) is 9.84 Å². The van der Waals surface area contributed by atoms with Crippen LogP contribution in [0.15, 0.2) is 47.4 Å². The summed E-state index contributed by atoms with van der Waals surface area (Å²) in [7, 11) is -2.02. The zero-order chi connectivity index (χ0) is 15.6. The molecule has 0 heterocycles. The zero-order valence-corrected chi connectivity index (χ0v) is 12.3. The van der Waals surface area contributed by atoms with E-state index < -0.39 is 15.8 Å². The molecule has 0 aliphatic carbocycles. The third kappa shape index (κ3) is 3.22. The molecule has 0 fully saturated rings. The molecule has 2 aromatic carbocycles. The Bertz CT molecular complexity index is 776. The van der Waals surface area contributed by atoms with Crippen molar-refractivity contribution in [2.75, 3.05) is 13.4 Å². The standard InChI is InChI=1S/C15H14O5S/c1-20-15(17)13-9-11(5-8-14(13)16)10-3-6-12(7-4-10)21(2,18)19/h3-9,16H,1-2H3. The van der Waals surface area contributed by atoms with Gasteiger partial charge in [0.1, 0.15) is 11.3 Å². The lowest BCUT2D eigenvalue weighted by atomic mass is 10.0. The number of carbonyl (C=O) groups is 1. The van der Waals surface area contributed by atoms with E-state index in [1.807, 2.05) is 0 Å². The molecule has 0 aliphatic heterocycles. The van der Waals surface area contributed by atoms with Crippen molar-refractivity contribution in [1.82, 2.24) is 0 Å². The fourth-order valence-corrected chi connectivity index (χ4v) is 2.51. The number of rotatable bonds is 3. The van der Waals surface area contributed by atoms with Gasteiger partial charge in [-0.3, -0.25) is 0 Å². The highest BCUT2D eigenvalue weighted by Gasteiger charge is 2.13. The Morgan fingerprint density at radius 2 is 1.62 bits per heavy atom. The lowest BCUT2D eigenvalue weighted by molar-refractivity contribution is 0.0597. The minimum Gasteiger partial charge on any atom is -0.507 e. The van der Waals surface area contributed by atoms with Crippen molar-refractivity contribution in [2.24, 2.45) is 0 Å². The Morgan fingerprint density at radius 3 is 2.14 bits per heavy atom. The van der Waals surface area contributed by atoms with E-state index in [1.165, 1.54) is 31.4 Å². The molecule has 0 aromatic heterocycles. The minimum absolute atomic E-state index is 0.0576. The second-order valence-electron chi connectivity index (χ2n) is 4.52. The van der Waals surface area contributed by atoms with Gasteiger partial charge in [0, 0.05) is 6.26 Å². The first-order valence-electron chi connectivity index (χ1n) is 6.05. The summed E-state index contributed by atoms with van der Waals surface area (Å²) in [6.45, 7) is 0. The Morgan fingerprint density at radius 1 is 1.05 bits per heavy atom. The van der Waals surface area contributed by atoms with E-state index in [4.69, 9.17) is 0 Å². The molecule has 0 radical (unpaired) electrons. The van der Waals surface area contributed by atoms with Crippen LogP contribution in [0.5, 0.6) is 5.75 Å². The maximum Gasteiger partial charge on any atom is 0.341 e. The quantitative estimate of drug-likeness (QED) is 0.880. The SMILES string of the molecule is COC(=O)c1cc(-c2ccc(S(C)(=O)=O)cc2)ccc1O. The van der Waals surface area contributed by atoms with Crippen LogP contribution in [0.1, 0.15) is 10.4 Å². The number of esters is 1. The van der Waals surface area contributed by atoms with Gasteiger partial charge in [-0.05, 0) is 35.4 Å². The van der Waals surface area contributed by atoms with Crippen LogP contribution in [0.25, 0.3) is 11.1 Å². The highest BCUT2D eigenvalue weighted by atomic mass is 32.2. The number of hydrogen-bond donors (Lipinski definition) is 1. The smallest absolute Gasteiger partial charge is 0.341 e. The molecule has 6 heteroatoms. The predicted molar refractivity (Wildman–Crippen MR) is 78.0 cm³/mol. The summed E-state index contributed by atoms with van der Waals surface area (Å²) in [4.78, 5) is 11.8. The van der Waals surface area contributed by atoms with Crippen LogP contribution >= 0.6 is 0 Å². The number of benzene rings is 2. The van der Waals surface area contributed by atoms with Gasteiger partial charge in [0.2, 0.25) is 0 Å². The maximum absolute atomic E-state index is 11.5. The van der Waals surface area contributed by atoms with Crippen LogP contribution < -0.4 is 0 Å². The Balaban J connectivity index is 2.45. The number of aromatic hydroxyl groups is 1. The second-order valence-corrected chi connectivity index (χ2v) is 6.54. The summed E-state index contributed by atoms with van der Waals surface area (Å²) in [6.07, 6.45) is 1.14. The van der Waals surface area contributed by atoms with Gasteiger partial charge < -0.3 is 9.84 Å². The minimum atomic E-state index is -3.25. The van der Waals surface area contributed by atoms with Crippen molar-refractivity contribution >= 4 is 15.8 Å². The highest BCUT2D eigenvalue weighted by molar-refractivity contribution is 7.90. The predicted octanol–water partition coefficient (Wildman–Crippen LogP) is 2.25. The number of methoxy groups -OCH3 is 1. The molecule has 2 rings (SSSR count). The van der Waals surface area contributed by atoms with Crippen molar-refractivity contribution in [3.8, 4) is 16.9 Å². The summed E-state index contributed by atoms with van der Waals surface area (Å²) < 4.78 is 27.4. The molecule has 0 bridgehead atoms. The second kappa shape index (κ2) is 5.57. The van der Waals surface area contributed by atoms with Gasteiger partial charge in [0.25, 0.3) is 0 Å². The van der Waals surface area contributed by atoms with Gasteiger partial charge in [0.05, 0.1) is 12.0 Å². The molecule has 0 saturated carbocycles. The molecule has 0 amide bonds.